The molecule has 5 nitrogen and oxygen atoms in total. The fraction of sp³-hybridized carbons (Fsp3) is 0.625. The SMILES string of the molecule is Cc1nn(C)c(NCC(F)(F)CO)c1N. The molecule has 4 N–H and O–H groups in total. The van der Waals surface area contributed by atoms with E-state index in [1.54, 1.807) is 14.0 Å². The molecule has 1 heterocycles. The molecule has 0 radical (unpaired) electrons. The van der Waals surface area contributed by atoms with Crippen LogP contribution < -0.4 is 11.1 Å². The van der Waals surface area contributed by atoms with Crippen molar-refractivity contribution in [3.63, 3.8) is 0 Å². The van der Waals surface area contributed by atoms with Crippen LogP contribution in [0, 0.1) is 6.92 Å². The average Bonchev–Trinajstić information content (AvgIpc) is 2.39. The highest BCUT2D eigenvalue weighted by Crippen LogP contribution is 2.22. The lowest BCUT2D eigenvalue weighted by molar-refractivity contribution is -0.0373. The number of aryl methyl sites for hydroxylation is 2. The van der Waals surface area contributed by atoms with E-state index in [-0.39, 0.29) is 0 Å². The smallest absolute Gasteiger partial charge is 0.287 e. The van der Waals surface area contributed by atoms with Crippen LogP contribution >= 0.6 is 0 Å². The number of alkyl halides is 2. The van der Waals surface area contributed by atoms with Crippen molar-refractivity contribution in [3.05, 3.63) is 5.69 Å². The summed E-state index contributed by atoms with van der Waals surface area (Å²) in [5, 5.41) is 14.8. The summed E-state index contributed by atoms with van der Waals surface area (Å²) < 4.78 is 26.8. The van der Waals surface area contributed by atoms with Gasteiger partial charge >= 0.3 is 0 Å². The number of hydrogen-bond donors (Lipinski definition) is 3. The molecule has 86 valence electrons. The van der Waals surface area contributed by atoms with Gasteiger partial charge in [-0.05, 0) is 6.92 Å². The monoisotopic (exact) mass is 220 g/mol. The van der Waals surface area contributed by atoms with Crippen LogP contribution in [0.4, 0.5) is 20.3 Å². The number of aromatic nitrogens is 2. The minimum atomic E-state index is -3.16. The summed E-state index contributed by atoms with van der Waals surface area (Å²) in [6.45, 7) is -0.186. The van der Waals surface area contributed by atoms with Crippen molar-refractivity contribution in [1.82, 2.24) is 9.78 Å². The predicted octanol–water partition coefficient (Wildman–Crippen LogP) is 0.350. The maximum Gasteiger partial charge on any atom is 0.287 e. The van der Waals surface area contributed by atoms with E-state index >= 15 is 0 Å². The molecule has 0 atom stereocenters. The highest BCUT2D eigenvalue weighted by molar-refractivity contribution is 5.64. The molecule has 0 fully saturated rings. The van der Waals surface area contributed by atoms with Crippen LogP contribution in [-0.2, 0) is 7.05 Å². The van der Waals surface area contributed by atoms with Gasteiger partial charge < -0.3 is 16.2 Å². The first kappa shape index (κ1) is 11.7. The molecule has 0 saturated carbocycles. The zero-order chi connectivity index (χ0) is 11.6. The summed E-state index contributed by atoms with van der Waals surface area (Å²) in [5.41, 5.74) is 6.54. The summed E-state index contributed by atoms with van der Waals surface area (Å²) in [5.74, 6) is -2.83. The molecule has 0 unspecified atom stereocenters. The average molecular weight is 220 g/mol. The third-order valence-electron chi connectivity index (χ3n) is 2.01. The Bertz CT molecular complexity index is 351. The molecular formula is C8H14F2N4O. The van der Waals surface area contributed by atoms with E-state index in [2.05, 4.69) is 10.4 Å². The molecule has 0 spiro atoms. The Labute approximate surface area is 85.9 Å². The second-order valence-electron chi connectivity index (χ2n) is 3.34. The van der Waals surface area contributed by atoms with E-state index in [0.717, 1.165) is 0 Å². The molecular weight excluding hydrogens is 206 g/mol. The van der Waals surface area contributed by atoms with Gasteiger partial charge in [0.2, 0.25) is 0 Å². The zero-order valence-electron chi connectivity index (χ0n) is 8.59. The summed E-state index contributed by atoms with van der Waals surface area (Å²) >= 11 is 0. The second-order valence-corrected chi connectivity index (χ2v) is 3.34. The van der Waals surface area contributed by atoms with E-state index in [0.29, 0.717) is 17.2 Å². The maximum atomic E-state index is 12.7. The zero-order valence-corrected chi connectivity index (χ0v) is 8.59. The highest BCUT2D eigenvalue weighted by atomic mass is 19.3. The topological polar surface area (TPSA) is 76.1 Å². The number of nitrogens with zero attached hydrogens (tertiary/aromatic N) is 2. The molecule has 0 aliphatic rings. The normalized spacial score (nSPS) is 11.8. The number of nitrogens with two attached hydrogens (primary N) is 1. The fourth-order valence-corrected chi connectivity index (χ4v) is 1.15. The van der Waals surface area contributed by atoms with Gasteiger partial charge in [-0.3, -0.25) is 4.68 Å². The van der Waals surface area contributed by atoms with E-state index in [9.17, 15) is 8.78 Å². The largest absolute Gasteiger partial charge is 0.394 e. The molecule has 0 saturated heterocycles. The number of halogens is 2. The quantitative estimate of drug-likeness (QED) is 0.684. The molecule has 1 aromatic rings. The van der Waals surface area contributed by atoms with Crippen LogP contribution in [0.5, 0.6) is 0 Å². The predicted molar refractivity (Wildman–Crippen MR) is 52.9 cm³/mol. The molecule has 0 amide bonds. The number of hydrogen-bond acceptors (Lipinski definition) is 4. The third-order valence-corrected chi connectivity index (χ3v) is 2.01. The highest BCUT2D eigenvalue weighted by Gasteiger charge is 2.28. The van der Waals surface area contributed by atoms with Gasteiger partial charge in [-0.2, -0.15) is 5.10 Å². The van der Waals surface area contributed by atoms with Gasteiger partial charge in [-0.15, -0.1) is 0 Å². The minimum Gasteiger partial charge on any atom is -0.394 e. The van der Waals surface area contributed by atoms with Crippen LogP contribution in [-0.4, -0.2) is 34.0 Å². The Balaban J connectivity index is 2.73. The summed E-state index contributed by atoms with van der Waals surface area (Å²) in [4.78, 5) is 0. The van der Waals surface area contributed by atoms with E-state index in [1.165, 1.54) is 4.68 Å². The lowest BCUT2D eigenvalue weighted by atomic mass is 10.3. The van der Waals surface area contributed by atoms with Gasteiger partial charge in [0, 0.05) is 7.05 Å². The summed E-state index contributed by atoms with van der Waals surface area (Å²) in [6.07, 6.45) is 0. The minimum absolute atomic E-state index is 0.334. The summed E-state index contributed by atoms with van der Waals surface area (Å²) in [7, 11) is 1.60. The Morgan fingerprint density at radius 1 is 1.60 bits per heavy atom. The second kappa shape index (κ2) is 4.01. The van der Waals surface area contributed by atoms with E-state index in [1.807, 2.05) is 0 Å². The number of aliphatic hydroxyl groups excluding tert-OH is 1. The Kier molecular flexibility index (Phi) is 3.13. The van der Waals surface area contributed by atoms with Crippen molar-refractivity contribution in [2.24, 2.45) is 7.05 Å². The number of nitrogens with one attached hydrogen (secondary N) is 1. The lowest BCUT2D eigenvalue weighted by Gasteiger charge is -2.15. The van der Waals surface area contributed by atoms with Gasteiger partial charge in [0.15, 0.2) is 0 Å². The molecule has 0 bridgehead atoms. The molecule has 15 heavy (non-hydrogen) atoms. The van der Waals surface area contributed by atoms with Gasteiger partial charge in [-0.25, -0.2) is 8.78 Å². The van der Waals surface area contributed by atoms with Crippen LogP contribution in [0.25, 0.3) is 0 Å². The first-order valence-corrected chi connectivity index (χ1v) is 4.39. The molecule has 1 aromatic heterocycles. The van der Waals surface area contributed by atoms with Crippen molar-refractivity contribution in [2.75, 3.05) is 24.2 Å². The van der Waals surface area contributed by atoms with Crippen molar-refractivity contribution in [3.8, 4) is 0 Å². The molecule has 0 aliphatic carbocycles. The lowest BCUT2D eigenvalue weighted by Crippen LogP contribution is -2.31. The van der Waals surface area contributed by atoms with E-state index in [4.69, 9.17) is 10.8 Å². The number of anilines is 2. The summed E-state index contributed by atoms with van der Waals surface area (Å²) in [6, 6.07) is 0. The number of nitrogen functional groups attached to an aromatic ring is 1. The van der Waals surface area contributed by atoms with Crippen LogP contribution in [0.15, 0.2) is 0 Å². The number of aliphatic hydroxyl groups is 1. The van der Waals surface area contributed by atoms with Gasteiger partial charge in [0.1, 0.15) is 12.4 Å². The van der Waals surface area contributed by atoms with Crippen molar-refractivity contribution in [1.29, 1.82) is 0 Å². The third kappa shape index (κ3) is 2.56. The molecule has 0 aliphatic heterocycles. The molecule has 0 aromatic carbocycles. The van der Waals surface area contributed by atoms with Crippen LogP contribution in [0.2, 0.25) is 0 Å². The van der Waals surface area contributed by atoms with Gasteiger partial charge in [0.05, 0.1) is 17.9 Å². The first-order valence-electron chi connectivity index (χ1n) is 4.39. The van der Waals surface area contributed by atoms with Gasteiger partial charge in [0.25, 0.3) is 5.92 Å². The standard InChI is InChI=1S/C8H14F2N4O/c1-5-6(11)7(14(2)13-5)12-3-8(9,10)4-15/h12,15H,3-4,11H2,1-2H3. The fourth-order valence-electron chi connectivity index (χ4n) is 1.15. The van der Waals surface area contributed by atoms with E-state index < -0.39 is 19.1 Å². The van der Waals surface area contributed by atoms with Crippen molar-refractivity contribution in [2.45, 2.75) is 12.8 Å². The maximum absolute atomic E-state index is 12.7. The molecule has 7 heteroatoms. The number of rotatable bonds is 4. The Hall–Kier alpha value is -1.37. The molecule has 1 rings (SSSR count). The van der Waals surface area contributed by atoms with Crippen molar-refractivity contribution >= 4 is 11.5 Å². The Morgan fingerprint density at radius 3 is 2.60 bits per heavy atom. The van der Waals surface area contributed by atoms with Gasteiger partial charge in [-0.1, -0.05) is 0 Å². The van der Waals surface area contributed by atoms with Crippen LogP contribution in [0.3, 0.4) is 0 Å². The van der Waals surface area contributed by atoms with Crippen molar-refractivity contribution < 1.29 is 13.9 Å². The van der Waals surface area contributed by atoms with Crippen LogP contribution in [0.1, 0.15) is 5.69 Å². The Morgan fingerprint density at radius 2 is 2.20 bits per heavy atom. The first-order chi connectivity index (χ1) is 6.87.